The largest absolute Gasteiger partial charge is 0.481 e. The molecule has 0 saturated heterocycles. The number of amides is 2. The number of hydrogen-bond donors (Lipinski definition) is 2. The van der Waals surface area contributed by atoms with Gasteiger partial charge in [0, 0.05) is 25.8 Å². The highest BCUT2D eigenvalue weighted by atomic mass is 32.2. The van der Waals surface area contributed by atoms with E-state index in [9.17, 15) is 9.59 Å². The number of aromatic nitrogens is 1. The van der Waals surface area contributed by atoms with E-state index >= 15 is 0 Å². The van der Waals surface area contributed by atoms with Crippen molar-refractivity contribution in [2.24, 2.45) is 5.92 Å². The van der Waals surface area contributed by atoms with Crippen molar-refractivity contribution in [2.75, 3.05) is 38.0 Å². The van der Waals surface area contributed by atoms with Crippen molar-refractivity contribution in [3.8, 4) is 0 Å². The molecule has 1 heterocycles. The molecule has 1 aromatic heterocycles. The Bertz CT molecular complexity index is 731. The third kappa shape index (κ3) is 8.73. The molecular weight excluding hydrogens is 462 g/mol. The quantitative estimate of drug-likeness (QED) is 0.248. The van der Waals surface area contributed by atoms with E-state index in [1.54, 1.807) is 13.3 Å². The van der Waals surface area contributed by atoms with Gasteiger partial charge in [0.1, 0.15) is 0 Å². The molecule has 2 amide bonds. The summed E-state index contributed by atoms with van der Waals surface area (Å²) < 4.78 is 11.6. The van der Waals surface area contributed by atoms with Gasteiger partial charge in [-0.05, 0) is 44.4 Å². The molecule has 2 aliphatic carbocycles. The normalized spacial score (nSPS) is 22.0. The lowest BCUT2D eigenvalue weighted by Crippen LogP contribution is -2.50. The summed E-state index contributed by atoms with van der Waals surface area (Å²) in [6.45, 7) is 2.02. The fraction of sp³-hybridized carbons (Fsp3) is 0.783. The first-order valence-electron chi connectivity index (χ1n) is 12.0. The zero-order valence-corrected chi connectivity index (χ0v) is 21.1. The number of rotatable bonds is 11. The number of nitrogens with one attached hydrogen (secondary N) is 1. The lowest BCUT2D eigenvalue weighted by atomic mass is 9.85. The molecule has 2 aliphatic rings. The summed E-state index contributed by atoms with van der Waals surface area (Å²) in [5, 5.41) is 12.4. The molecule has 1 aromatic rings. The van der Waals surface area contributed by atoms with Crippen LogP contribution >= 0.6 is 23.1 Å². The molecule has 33 heavy (non-hydrogen) atoms. The molecule has 0 unspecified atom stereocenters. The Balaban J connectivity index is 1.60. The molecule has 2 N–H and O–H groups in total. The van der Waals surface area contributed by atoms with Gasteiger partial charge < -0.3 is 19.5 Å². The number of nitrogens with zero attached hydrogens (tertiary/aromatic N) is 2. The van der Waals surface area contributed by atoms with Crippen LogP contribution < -0.4 is 5.32 Å². The summed E-state index contributed by atoms with van der Waals surface area (Å²) in [4.78, 5) is 30.7. The van der Waals surface area contributed by atoms with E-state index in [2.05, 4.69) is 15.2 Å². The van der Waals surface area contributed by atoms with Crippen molar-refractivity contribution in [3.63, 3.8) is 0 Å². The fourth-order valence-corrected chi connectivity index (χ4v) is 6.40. The van der Waals surface area contributed by atoms with Crippen LogP contribution in [0.15, 0.2) is 10.4 Å². The van der Waals surface area contributed by atoms with Crippen molar-refractivity contribution in [1.29, 1.82) is 0 Å². The van der Waals surface area contributed by atoms with Gasteiger partial charge >= 0.3 is 12.0 Å². The smallest absolute Gasteiger partial charge is 0.324 e. The molecule has 2 saturated carbocycles. The van der Waals surface area contributed by atoms with Crippen LogP contribution in [0, 0.1) is 5.92 Å². The number of carbonyl (C=O) groups is 2. The monoisotopic (exact) mass is 499 g/mol. The average molecular weight is 500 g/mol. The molecule has 10 heteroatoms. The maximum Gasteiger partial charge on any atom is 0.324 e. The van der Waals surface area contributed by atoms with E-state index in [4.69, 9.17) is 14.6 Å². The van der Waals surface area contributed by atoms with Crippen LogP contribution in [0.1, 0.15) is 64.2 Å². The van der Waals surface area contributed by atoms with Crippen molar-refractivity contribution in [1.82, 2.24) is 9.88 Å². The van der Waals surface area contributed by atoms with Crippen LogP contribution in [0.4, 0.5) is 9.93 Å². The minimum atomic E-state index is -0.863. The van der Waals surface area contributed by atoms with Crippen LogP contribution in [0.5, 0.6) is 0 Å². The zero-order chi connectivity index (χ0) is 23.5. The maximum atomic E-state index is 13.5. The molecule has 186 valence electrons. The number of aliphatic carboxylic acids is 1. The van der Waals surface area contributed by atoms with Crippen LogP contribution in [-0.2, 0) is 14.3 Å². The number of carboxylic acids is 1. The Kier molecular flexibility index (Phi) is 11.2. The number of urea groups is 1. The summed E-state index contributed by atoms with van der Waals surface area (Å²) in [7, 11) is 1.68. The molecular formula is C23H37N3O5S2. The summed E-state index contributed by atoms with van der Waals surface area (Å²) in [6.07, 6.45) is 12.7. The Morgan fingerprint density at radius 3 is 2.48 bits per heavy atom. The van der Waals surface area contributed by atoms with E-state index in [-0.39, 0.29) is 23.9 Å². The molecule has 0 atom stereocenters. The third-order valence-corrected chi connectivity index (χ3v) is 8.58. The minimum Gasteiger partial charge on any atom is -0.481 e. The zero-order valence-electron chi connectivity index (χ0n) is 19.5. The number of ether oxygens (including phenoxy) is 2. The van der Waals surface area contributed by atoms with E-state index in [1.807, 2.05) is 0 Å². The topological polar surface area (TPSA) is 101 Å². The van der Waals surface area contributed by atoms with Crippen LogP contribution in [0.2, 0.25) is 0 Å². The number of hydrogen-bond acceptors (Lipinski definition) is 7. The summed E-state index contributed by atoms with van der Waals surface area (Å²) in [6, 6.07) is 0.447. The van der Waals surface area contributed by atoms with Gasteiger partial charge in [0.2, 0.25) is 0 Å². The van der Waals surface area contributed by atoms with Gasteiger partial charge in [0.25, 0.3) is 0 Å². The van der Waals surface area contributed by atoms with Gasteiger partial charge in [-0.3, -0.25) is 10.1 Å². The number of carbonyl (C=O) groups excluding carboxylic acids is 1. The molecule has 0 spiro atoms. The van der Waals surface area contributed by atoms with Gasteiger partial charge in [-0.1, -0.05) is 37.0 Å². The summed E-state index contributed by atoms with van der Waals surface area (Å²) in [5.74, 6) is -0.328. The van der Waals surface area contributed by atoms with E-state index in [0.717, 1.165) is 49.3 Å². The van der Waals surface area contributed by atoms with Crippen molar-refractivity contribution < 1.29 is 24.2 Å². The Labute approximate surface area is 204 Å². The lowest BCUT2D eigenvalue weighted by molar-refractivity contribution is -0.133. The van der Waals surface area contributed by atoms with Crippen molar-refractivity contribution in [2.45, 2.75) is 80.5 Å². The lowest BCUT2D eigenvalue weighted by Gasteiger charge is -2.41. The summed E-state index contributed by atoms with van der Waals surface area (Å²) >= 11 is 2.56. The first-order chi connectivity index (χ1) is 16.1. The summed E-state index contributed by atoms with van der Waals surface area (Å²) in [5.41, 5.74) is 0. The van der Waals surface area contributed by atoms with Gasteiger partial charge in [-0.2, -0.15) is 0 Å². The molecule has 3 rings (SSSR count). The molecule has 2 fully saturated rings. The van der Waals surface area contributed by atoms with Crippen molar-refractivity contribution in [3.05, 3.63) is 6.20 Å². The molecule has 0 aliphatic heterocycles. The number of anilines is 1. The SMILES string of the molecule is COCCOCC1CCC(N(C(=O)Nc2ncc(SCC(=O)O)s2)C2CCCCCC2)CC1. The first-order valence-corrected chi connectivity index (χ1v) is 13.8. The predicted octanol–water partition coefficient (Wildman–Crippen LogP) is 5.10. The minimum absolute atomic E-state index is 0.0117. The van der Waals surface area contributed by atoms with Crippen molar-refractivity contribution >= 4 is 40.2 Å². The average Bonchev–Trinajstić information content (AvgIpc) is 3.08. The van der Waals surface area contributed by atoms with Gasteiger partial charge in [-0.15, -0.1) is 11.8 Å². The molecule has 8 nitrogen and oxygen atoms in total. The maximum absolute atomic E-state index is 13.5. The van der Waals surface area contributed by atoms with Crippen LogP contribution in [0.25, 0.3) is 0 Å². The number of carboxylic acid groups (broad SMARTS) is 1. The second kappa shape index (κ2) is 14.1. The number of thiazole rings is 1. The van der Waals surface area contributed by atoms with Crippen LogP contribution in [0.3, 0.4) is 0 Å². The molecule has 0 aromatic carbocycles. The van der Waals surface area contributed by atoms with Gasteiger partial charge in [-0.25, -0.2) is 9.78 Å². The van der Waals surface area contributed by atoms with E-state index < -0.39 is 5.97 Å². The van der Waals surface area contributed by atoms with Crippen LogP contribution in [-0.4, -0.2) is 71.8 Å². The van der Waals surface area contributed by atoms with Gasteiger partial charge in [0.05, 0.1) is 29.4 Å². The highest BCUT2D eigenvalue weighted by Crippen LogP contribution is 2.34. The highest BCUT2D eigenvalue weighted by Gasteiger charge is 2.34. The standard InChI is InChI=1S/C23H37N3O5S2/c1-30-12-13-31-15-17-8-10-19(11-9-17)26(18-6-4-2-3-5-7-18)23(29)25-22-24-14-21(33-22)32-16-20(27)28/h14,17-19H,2-13,15-16H2,1H3,(H,27,28)(H,24,25,29). The second-order valence-electron chi connectivity index (χ2n) is 8.89. The second-order valence-corrected chi connectivity index (χ2v) is 11.2. The first kappa shape index (κ1) is 26.2. The third-order valence-electron chi connectivity index (χ3n) is 6.48. The van der Waals surface area contributed by atoms with E-state index in [1.165, 1.54) is 48.8 Å². The Morgan fingerprint density at radius 1 is 1.12 bits per heavy atom. The molecule has 0 radical (unpaired) electrons. The Hall–Kier alpha value is -1.36. The molecule has 0 bridgehead atoms. The number of thioether (sulfide) groups is 1. The number of methoxy groups -OCH3 is 1. The van der Waals surface area contributed by atoms with Gasteiger partial charge in [0.15, 0.2) is 5.13 Å². The fourth-order valence-electron chi connectivity index (χ4n) is 4.82. The van der Waals surface area contributed by atoms with E-state index in [0.29, 0.717) is 24.3 Å². The Morgan fingerprint density at radius 2 is 1.82 bits per heavy atom. The highest BCUT2D eigenvalue weighted by molar-refractivity contribution is 8.01. The predicted molar refractivity (Wildman–Crippen MR) is 131 cm³/mol.